The van der Waals surface area contributed by atoms with Gasteiger partial charge in [-0.25, -0.2) is 0 Å². The van der Waals surface area contributed by atoms with Gasteiger partial charge in [-0.05, 0) is 38.5 Å². The van der Waals surface area contributed by atoms with Gasteiger partial charge in [0.2, 0.25) is 11.9 Å². The molecule has 0 unspecified atom stereocenters. The Morgan fingerprint density at radius 1 is 1.15 bits per heavy atom. The first-order valence-corrected chi connectivity index (χ1v) is 7.19. The lowest BCUT2D eigenvalue weighted by molar-refractivity contribution is 0.111. The fourth-order valence-electron chi connectivity index (χ4n) is 2.33. The van der Waals surface area contributed by atoms with Gasteiger partial charge in [-0.1, -0.05) is 0 Å². The molecule has 2 rings (SSSR count). The summed E-state index contributed by atoms with van der Waals surface area (Å²) in [4.78, 5) is 12.6. The summed E-state index contributed by atoms with van der Waals surface area (Å²) in [5.41, 5.74) is 0. The van der Waals surface area contributed by atoms with E-state index in [4.69, 9.17) is 4.74 Å². The predicted molar refractivity (Wildman–Crippen MR) is 77.0 cm³/mol. The second-order valence-electron chi connectivity index (χ2n) is 5.00. The number of rotatable bonds is 6. The minimum Gasteiger partial charge on any atom is -0.464 e. The lowest BCUT2D eigenvalue weighted by Gasteiger charge is -2.25. The molecule has 1 aliphatic rings. The number of aliphatic hydroxyl groups is 1. The number of nitrogens with zero attached hydrogens (tertiary/aromatic N) is 3. The summed E-state index contributed by atoms with van der Waals surface area (Å²) >= 11 is 0. The van der Waals surface area contributed by atoms with Crippen molar-refractivity contribution in [3.8, 4) is 6.01 Å². The molecule has 1 heterocycles. The van der Waals surface area contributed by atoms with Gasteiger partial charge in [-0.3, -0.25) is 0 Å². The molecule has 0 aliphatic heterocycles. The van der Waals surface area contributed by atoms with Gasteiger partial charge in [-0.15, -0.1) is 0 Å². The van der Waals surface area contributed by atoms with Gasteiger partial charge >= 0.3 is 6.01 Å². The molecule has 0 spiro atoms. The van der Waals surface area contributed by atoms with Crippen LogP contribution in [0.4, 0.5) is 11.9 Å². The maximum Gasteiger partial charge on any atom is 0.323 e. The summed E-state index contributed by atoms with van der Waals surface area (Å²) in [6.07, 6.45) is 3.72. The number of aromatic nitrogens is 3. The molecule has 112 valence electrons. The first kappa shape index (κ1) is 14.8. The highest BCUT2D eigenvalue weighted by atomic mass is 16.5. The first-order valence-electron chi connectivity index (χ1n) is 7.19. The van der Waals surface area contributed by atoms with Gasteiger partial charge in [0.1, 0.15) is 0 Å². The normalized spacial score (nSPS) is 22.4. The van der Waals surface area contributed by atoms with Crippen LogP contribution in [0.2, 0.25) is 0 Å². The highest BCUT2D eigenvalue weighted by molar-refractivity contribution is 5.35. The molecule has 0 atom stereocenters. The summed E-state index contributed by atoms with van der Waals surface area (Å²) in [6, 6.07) is 0.327. The van der Waals surface area contributed by atoms with E-state index in [-0.39, 0.29) is 6.10 Å². The molecular weight excluding hydrogens is 258 g/mol. The average Bonchev–Trinajstić information content (AvgIpc) is 2.47. The number of nitrogens with one attached hydrogen (secondary N) is 2. The Morgan fingerprint density at radius 3 is 2.50 bits per heavy atom. The van der Waals surface area contributed by atoms with Crippen LogP contribution in [0, 0.1) is 5.92 Å². The summed E-state index contributed by atoms with van der Waals surface area (Å²) in [6.45, 7) is 3.22. The van der Waals surface area contributed by atoms with E-state index in [9.17, 15) is 5.11 Å². The minimum absolute atomic E-state index is 0.121. The second-order valence-corrected chi connectivity index (χ2v) is 5.00. The van der Waals surface area contributed by atoms with E-state index < -0.39 is 0 Å². The van der Waals surface area contributed by atoms with Gasteiger partial charge in [0.05, 0.1) is 12.7 Å². The van der Waals surface area contributed by atoms with Crippen molar-refractivity contribution in [2.45, 2.75) is 38.7 Å². The summed E-state index contributed by atoms with van der Waals surface area (Å²) in [7, 11) is 1.76. The van der Waals surface area contributed by atoms with Crippen LogP contribution in [-0.4, -0.2) is 46.4 Å². The van der Waals surface area contributed by atoms with Crippen LogP contribution in [0.3, 0.4) is 0 Å². The molecule has 7 nitrogen and oxygen atoms in total. The zero-order valence-corrected chi connectivity index (χ0v) is 12.1. The molecule has 1 aromatic rings. The van der Waals surface area contributed by atoms with Crippen molar-refractivity contribution in [2.24, 2.45) is 5.92 Å². The van der Waals surface area contributed by atoms with Crippen LogP contribution >= 0.6 is 0 Å². The maximum absolute atomic E-state index is 9.50. The smallest absolute Gasteiger partial charge is 0.323 e. The van der Waals surface area contributed by atoms with Crippen molar-refractivity contribution in [1.29, 1.82) is 0 Å². The topological polar surface area (TPSA) is 92.2 Å². The van der Waals surface area contributed by atoms with Crippen LogP contribution < -0.4 is 15.4 Å². The summed E-state index contributed by atoms with van der Waals surface area (Å²) < 4.78 is 5.32. The SMILES string of the molecule is CCOc1nc(NC)nc(NCC2CCC(O)CC2)n1. The Hall–Kier alpha value is -1.63. The Balaban J connectivity index is 1.92. The molecular formula is C13H23N5O2. The van der Waals surface area contributed by atoms with Crippen LogP contribution in [0.15, 0.2) is 0 Å². The van der Waals surface area contributed by atoms with Gasteiger partial charge < -0.3 is 20.5 Å². The molecule has 0 bridgehead atoms. The van der Waals surface area contributed by atoms with E-state index in [2.05, 4.69) is 25.6 Å². The van der Waals surface area contributed by atoms with Crippen LogP contribution in [0.5, 0.6) is 6.01 Å². The number of aliphatic hydroxyl groups excluding tert-OH is 1. The van der Waals surface area contributed by atoms with Crippen LogP contribution in [-0.2, 0) is 0 Å². The van der Waals surface area contributed by atoms with Crippen molar-refractivity contribution in [1.82, 2.24) is 15.0 Å². The molecule has 0 amide bonds. The number of anilines is 2. The zero-order valence-electron chi connectivity index (χ0n) is 12.1. The Bertz CT molecular complexity index is 421. The van der Waals surface area contributed by atoms with Crippen molar-refractivity contribution in [3.05, 3.63) is 0 Å². The third kappa shape index (κ3) is 4.19. The van der Waals surface area contributed by atoms with Crippen LogP contribution in [0.1, 0.15) is 32.6 Å². The molecule has 20 heavy (non-hydrogen) atoms. The molecule has 0 saturated heterocycles. The average molecular weight is 281 g/mol. The molecule has 0 radical (unpaired) electrons. The Labute approximate surface area is 119 Å². The highest BCUT2D eigenvalue weighted by Gasteiger charge is 2.19. The molecule has 1 aliphatic carbocycles. The second kappa shape index (κ2) is 7.23. The molecule has 1 aromatic heterocycles. The molecule has 1 fully saturated rings. The fourth-order valence-corrected chi connectivity index (χ4v) is 2.33. The van der Waals surface area contributed by atoms with Crippen molar-refractivity contribution in [2.75, 3.05) is 30.8 Å². The summed E-state index contributed by atoms with van der Waals surface area (Å²) in [5.74, 6) is 1.58. The minimum atomic E-state index is -0.121. The Kier molecular flexibility index (Phi) is 5.34. The van der Waals surface area contributed by atoms with Crippen molar-refractivity contribution < 1.29 is 9.84 Å². The monoisotopic (exact) mass is 281 g/mol. The lowest BCUT2D eigenvalue weighted by atomic mass is 9.87. The number of hydrogen-bond acceptors (Lipinski definition) is 7. The lowest BCUT2D eigenvalue weighted by Crippen LogP contribution is -2.24. The number of hydrogen-bond donors (Lipinski definition) is 3. The van der Waals surface area contributed by atoms with E-state index in [1.54, 1.807) is 7.05 Å². The third-order valence-electron chi connectivity index (χ3n) is 3.48. The van der Waals surface area contributed by atoms with E-state index in [1.165, 1.54) is 0 Å². The number of ether oxygens (including phenoxy) is 1. The summed E-state index contributed by atoms with van der Waals surface area (Å²) in [5, 5.41) is 15.6. The molecule has 1 saturated carbocycles. The maximum atomic E-state index is 9.50. The van der Waals surface area contributed by atoms with E-state index in [1.807, 2.05) is 6.92 Å². The van der Waals surface area contributed by atoms with Crippen molar-refractivity contribution in [3.63, 3.8) is 0 Å². The van der Waals surface area contributed by atoms with E-state index in [0.29, 0.717) is 30.4 Å². The largest absolute Gasteiger partial charge is 0.464 e. The molecule has 7 heteroatoms. The van der Waals surface area contributed by atoms with E-state index >= 15 is 0 Å². The predicted octanol–water partition coefficient (Wildman–Crippen LogP) is 1.27. The molecule has 3 N–H and O–H groups in total. The zero-order chi connectivity index (χ0) is 14.4. The first-order chi connectivity index (χ1) is 9.71. The van der Waals surface area contributed by atoms with Gasteiger partial charge in [0.15, 0.2) is 0 Å². The van der Waals surface area contributed by atoms with Gasteiger partial charge in [-0.2, -0.15) is 15.0 Å². The van der Waals surface area contributed by atoms with Gasteiger partial charge in [0, 0.05) is 13.6 Å². The van der Waals surface area contributed by atoms with Crippen molar-refractivity contribution >= 4 is 11.9 Å². The molecule has 0 aromatic carbocycles. The Morgan fingerprint density at radius 2 is 1.85 bits per heavy atom. The highest BCUT2D eigenvalue weighted by Crippen LogP contribution is 2.24. The quantitative estimate of drug-likeness (QED) is 0.723. The fraction of sp³-hybridized carbons (Fsp3) is 0.769. The standard InChI is InChI=1S/C13H23N5O2/c1-3-20-13-17-11(14-2)16-12(18-13)15-8-9-4-6-10(19)7-5-9/h9-10,19H,3-8H2,1-2H3,(H2,14,15,16,17,18). The third-order valence-corrected chi connectivity index (χ3v) is 3.48. The van der Waals surface area contributed by atoms with Gasteiger partial charge in [0.25, 0.3) is 0 Å². The van der Waals surface area contributed by atoms with Crippen LogP contribution in [0.25, 0.3) is 0 Å². The van der Waals surface area contributed by atoms with E-state index in [0.717, 1.165) is 32.2 Å².